The molecule has 4 N–H and O–H groups in total. The predicted molar refractivity (Wildman–Crippen MR) is 240 cm³/mol. The van der Waals surface area contributed by atoms with E-state index in [1.807, 2.05) is 66.7 Å². The fourth-order valence-corrected chi connectivity index (χ4v) is 7.92. The standard InChI is InChI=1S/C51H41N5O3/c57-46(19-11-4-12-20-47(58)59)52-37-23-21-36(22-24-37)51-44-31-29-42(55-44)49(34-15-7-2-8-16-34)40-27-25-38(53-40)48(33-13-5-1-6-14-33)39-26-28-41(54-39)50(35-17-9-3-10-18-35)43-30-32-45(51)56-43/h1-3,5-10,13-18,21-32,53,56H,4,11-12,19-20H2,(H,52,57)(H,58,59). The smallest absolute Gasteiger partial charge is 0.303 e. The van der Waals surface area contributed by atoms with Gasteiger partial charge in [0, 0.05) is 62.8 Å². The summed E-state index contributed by atoms with van der Waals surface area (Å²) >= 11 is 0. The number of aromatic nitrogens is 4. The molecule has 5 heterocycles. The zero-order valence-corrected chi connectivity index (χ0v) is 32.3. The van der Waals surface area contributed by atoms with Crippen molar-refractivity contribution in [3.05, 3.63) is 162 Å². The van der Waals surface area contributed by atoms with E-state index in [1.54, 1.807) is 0 Å². The van der Waals surface area contributed by atoms with Crippen molar-refractivity contribution >= 4 is 63.9 Å². The molecule has 8 heteroatoms. The highest BCUT2D eigenvalue weighted by molar-refractivity contribution is 6.00. The molecule has 0 aliphatic carbocycles. The molecule has 288 valence electrons. The molecule has 9 rings (SSSR count). The Labute approximate surface area is 341 Å². The number of anilines is 1. The number of carbonyl (C=O) groups excluding carboxylic acids is 1. The molecule has 8 nitrogen and oxygen atoms in total. The maximum atomic E-state index is 12.8. The first kappa shape index (κ1) is 37.0. The molecule has 2 aliphatic heterocycles. The summed E-state index contributed by atoms with van der Waals surface area (Å²) in [5.74, 6) is -0.910. The van der Waals surface area contributed by atoms with Crippen molar-refractivity contribution in [1.29, 1.82) is 0 Å². The van der Waals surface area contributed by atoms with Gasteiger partial charge in [-0.1, -0.05) is 110 Å². The first-order chi connectivity index (χ1) is 29.0. The first-order valence-electron chi connectivity index (χ1n) is 19.9. The number of nitrogens with zero attached hydrogens (tertiary/aromatic N) is 2. The monoisotopic (exact) mass is 771 g/mol. The Bertz CT molecular complexity index is 2870. The summed E-state index contributed by atoms with van der Waals surface area (Å²) in [6, 6.07) is 47.4. The molecule has 0 unspecified atom stereocenters. The number of hydrogen-bond donors (Lipinski definition) is 4. The van der Waals surface area contributed by atoms with Crippen molar-refractivity contribution in [2.24, 2.45) is 0 Å². The van der Waals surface area contributed by atoms with E-state index in [4.69, 9.17) is 15.1 Å². The summed E-state index contributed by atoms with van der Waals surface area (Å²) in [6.45, 7) is 0. The maximum absolute atomic E-state index is 12.8. The number of carboxylic acids is 1. The fourth-order valence-electron chi connectivity index (χ4n) is 7.92. The number of fused-ring (bicyclic) bond motifs is 8. The highest BCUT2D eigenvalue weighted by Crippen LogP contribution is 2.38. The van der Waals surface area contributed by atoms with Gasteiger partial charge in [-0.25, -0.2) is 9.97 Å². The van der Waals surface area contributed by atoms with Crippen LogP contribution in [0.15, 0.2) is 140 Å². The van der Waals surface area contributed by atoms with Crippen LogP contribution in [-0.4, -0.2) is 36.9 Å². The second-order valence-corrected chi connectivity index (χ2v) is 14.7. The Kier molecular flexibility index (Phi) is 10.3. The highest BCUT2D eigenvalue weighted by atomic mass is 16.4. The van der Waals surface area contributed by atoms with E-state index in [0.29, 0.717) is 31.4 Å². The number of rotatable bonds is 11. The third kappa shape index (κ3) is 7.89. The third-order valence-corrected chi connectivity index (χ3v) is 10.7. The van der Waals surface area contributed by atoms with Crippen molar-refractivity contribution in [1.82, 2.24) is 19.9 Å². The zero-order chi connectivity index (χ0) is 40.1. The van der Waals surface area contributed by atoms with Gasteiger partial charge in [0.1, 0.15) is 0 Å². The van der Waals surface area contributed by atoms with E-state index in [-0.39, 0.29) is 12.3 Å². The van der Waals surface area contributed by atoms with E-state index in [2.05, 4.69) is 112 Å². The van der Waals surface area contributed by atoms with Crippen LogP contribution in [0.5, 0.6) is 0 Å². The van der Waals surface area contributed by atoms with Crippen LogP contribution in [0, 0.1) is 0 Å². The number of hydrogen-bond acceptors (Lipinski definition) is 4. The molecular weight excluding hydrogens is 731 g/mol. The highest BCUT2D eigenvalue weighted by Gasteiger charge is 2.19. The van der Waals surface area contributed by atoms with Gasteiger partial charge in [-0.05, 0) is 95.8 Å². The molecule has 59 heavy (non-hydrogen) atoms. The Balaban J connectivity index is 1.26. The molecule has 7 aromatic rings. The molecule has 0 saturated heterocycles. The van der Waals surface area contributed by atoms with Crippen LogP contribution >= 0.6 is 0 Å². The van der Waals surface area contributed by atoms with E-state index in [0.717, 1.165) is 89.4 Å². The van der Waals surface area contributed by atoms with Crippen molar-refractivity contribution in [3.8, 4) is 44.5 Å². The van der Waals surface area contributed by atoms with Gasteiger partial charge in [0.2, 0.25) is 5.91 Å². The molecule has 8 bridgehead atoms. The summed E-state index contributed by atoms with van der Waals surface area (Å²) in [7, 11) is 0. The molecule has 0 fully saturated rings. The number of nitrogens with one attached hydrogen (secondary N) is 3. The van der Waals surface area contributed by atoms with Crippen LogP contribution in [0.2, 0.25) is 0 Å². The molecule has 0 spiro atoms. The van der Waals surface area contributed by atoms with Crippen LogP contribution < -0.4 is 5.32 Å². The molecule has 0 saturated carbocycles. The van der Waals surface area contributed by atoms with Gasteiger partial charge in [-0.15, -0.1) is 0 Å². The van der Waals surface area contributed by atoms with Crippen molar-refractivity contribution < 1.29 is 14.7 Å². The minimum atomic E-state index is -0.813. The number of benzene rings is 4. The SMILES string of the molecule is O=C(O)CCCCCC(=O)Nc1ccc(-c2c3nc(c(-c4ccccc4)c4ccc([nH]4)c(-c4ccccc4)c4nc(c(-c5ccccc5)c5ccc2[nH]5)C=C4)C=C3)cc1. The summed E-state index contributed by atoms with van der Waals surface area (Å²) < 4.78 is 0. The number of aromatic amines is 2. The lowest BCUT2D eigenvalue weighted by atomic mass is 10.0. The Hall–Kier alpha value is -7.58. The van der Waals surface area contributed by atoms with Crippen molar-refractivity contribution in [2.75, 3.05) is 5.32 Å². The minimum Gasteiger partial charge on any atom is -0.481 e. The number of amides is 1. The van der Waals surface area contributed by atoms with Gasteiger partial charge in [-0.2, -0.15) is 0 Å². The topological polar surface area (TPSA) is 124 Å². The quantitative estimate of drug-likeness (QED) is 0.0975. The van der Waals surface area contributed by atoms with Gasteiger partial charge in [0.15, 0.2) is 0 Å². The van der Waals surface area contributed by atoms with E-state index < -0.39 is 5.97 Å². The molecular formula is C51H41N5O3. The van der Waals surface area contributed by atoms with Crippen LogP contribution in [-0.2, 0) is 9.59 Å². The Morgan fingerprint density at radius 1 is 0.441 bits per heavy atom. The molecule has 0 atom stereocenters. The second-order valence-electron chi connectivity index (χ2n) is 14.7. The average Bonchev–Trinajstić information content (AvgIpc) is 4.11. The molecule has 3 aromatic heterocycles. The number of carboxylic acid groups (broad SMARTS) is 1. The maximum Gasteiger partial charge on any atom is 0.303 e. The van der Waals surface area contributed by atoms with Crippen LogP contribution in [0.25, 0.3) is 90.9 Å². The second kappa shape index (κ2) is 16.5. The van der Waals surface area contributed by atoms with E-state index >= 15 is 0 Å². The van der Waals surface area contributed by atoms with Crippen LogP contribution in [0.1, 0.15) is 54.9 Å². The molecule has 1 amide bonds. The predicted octanol–water partition coefficient (Wildman–Crippen LogP) is 12.3. The van der Waals surface area contributed by atoms with Gasteiger partial charge in [0.25, 0.3) is 0 Å². The van der Waals surface area contributed by atoms with E-state index in [9.17, 15) is 9.59 Å². The largest absolute Gasteiger partial charge is 0.481 e. The van der Waals surface area contributed by atoms with Crippen LogP contribution in [0.3, 0.4) is 0 Å². The van der Waals surface area contributed by atoms with E-state index in [1.165, 1.54) is 0 Å². The van der Waals surface area contributed by atoms with Crippen LogP contribution in [0.4, 0.5) is 5.69 Å². The number of aliphatic carboxylic acids is 1. The molecule has 4 aromatic carbocycles. The van der Waals surface area contributed by atoms with Gasteiger partial charge in [0.05, 0.1) is 22.8 Å². The summed E-state index contributed by atoms with van der Waals surface area (Å²) in [5.41, 5.74) is 15.6. The van der Waals surface area contributed by atoms with Crippen molar-refractivity contribution in [2.45, 2.75) is 32.1 Å². The van der Waals surface area contributed by atoms with Gasteiger partial charge in [-0.3, -0.25) is 9.59 Å². The summed E-state index contributed by atoms with van der Waals surface area (Å²) in [5, 5.41) is 11.9. The lowest BCUT2D eigenvalue weighted by molar-refractivity contribution is -0.137. The number of unbranched alkanes of at least 4 members (excludes halogenated alkanes) is 2. The lowest BCUT2D eigenvalue weighted by Gasteiger charge is -2.09. The third-order valence-electron chi connectivity index (χ3n) is 10.7. The Morgan fingerprint density at radius 2 is 0.797 bits per heavy atom. The van der Waals surface area contributed by atoms with Crippen molar-refractivity contribution in [3.63, 3.8) is 0 Å². The van der Waals surface area contributed by atoms with Gasteiger partial charge < -0.3 is 20.4 Å². The molecule has 0 radical (unpaired) electrons. The number of carbonyl (C=O) groups is 2. The minimum absolute atomic E-state index is 0.0972. The van der Waals surface area contributed by atoms with Gasteiger partial charge >= 0.3 is 5.97 Å². The lowest BCUT2D eigenvalue weighted by Crippen LogP contribution is -2.11. The first-order valence-corrected chi connectivity index (χ1v) is 19.9. The average molecular weight is 772 g/mol. The summed E-state index contributed by atoms with van der Waals surface area (Å²) in [4.78, 5) is 41.9. The fraction of sp³-hybridized carbons (Fsp3) is 0.0980. The number of H-pyrrole nitrogens is 2. The zero-order valence-electron chi connectivity index (χ0n) is 32.3. The Morgan fingerprint density at radius 3 is 1.17 bits per heavy atom. The molecule has 2 aliphatic rings. The normalized spacial score (nSPS) is 11.8. The summed E-state index contributed by atoms with van der Waals surface area (Å²) in [6.07, 6.45) is 10.7.